The second-order valence-electron chi connectivity index (χ2n) is 10.9. The molecule has 0 aromatic heterocycles. The van der Waals surface area contributed by atoms with Crippen molar-refractivity contribution in [1.82, 2.24) is 5.32 Å². The fraction of sp³-hybridized carbons (Fsp3) is 0.257. The van der Waals surface area contributed by atoms with Crippen molar-refractivity contribution in [2.45, 2.75) is 31.0 Å². The summed E-state index contributed by atoms with van der Waals surface area (Å²) in [7, 11) is 3.08. The number of hydrogen-bond donors (Lipinski definition) is 2. The molecule has 1 heterocycles. The van der Waals surface area contributed by atoms with Crippen LogP contribution in [0.15, 0.2) is 106 Å². The van der Waals surface area contributed by atoms with Gasteiger partial charge in [-0.2, -0.15) is 0 Å². The molecule has 0 bridgehead atoms. The van der Waals surface area contributed by atoms with Gasteiger partial charge in [0, 0.05) is 69.9 Å². The van der Waals surface area contributed by atoms with Gasteiger partial charge in [-0.25, -0.2) is 4.99 Å². The van der Waals surface area contributed by atoms with Crippen LogP contribution >= 0.6 is 0 Å². The fourth-order valence-electron chi connectivity index (χ4n) is 5.53. The SMILES string of the molecule is COc1ccc(CNC(=O)[C@]2(Cc3ccccc3N=[N+]=[N-])N=C(c3ccc(OCCCO)cc3)O[C@@H]2c2ccccc2N=[N+]=[N-])c(OC)c1. The zero-order valence-corrected chi connectivity index (χ0v) is 26.9. The van der Waals surface area contributed by atoms with E-state index in [0.29, 0.717) is 58.2 Å². The number of ether oxygens (including phenoxy) is 4. The van der Waals surface area contributed by atoms with Gasteiger partial charge in [0.15, 0.2) is 11.6 Å². The number of aliphatic imine (C=N–C) groups is 1. The predicted molar refractivity (Wildman–Crippen MR) is 182 cm³/mol. The number of benzene rings is 4. The van der Waals surface area contributed by atoms with E-state index in [1.54, 1.807) is 98.1 Å². The van der Waals surface area contributed by atoms with Crippen molar-refractivity contribution in [3.63, 3.8) is 0 Å². The molecule has 0 unspecified atom stereocenters. The van der Waals surface area contributed by atoms with Crippen LogP contribution in [-0.2, 0) is 22.5 Å². The molecule has 1 aliphatic heterocycles. The monoisotopic (exact) mass is 662 g/mol. The molecule has 0 fully saturated rings. The number of hydrogen-bond acceptors (Lipinski definition) is 9. The third kappa shape index (κ3) is 7.69. The van der Waals surface area contributed by atoms with Crippen LogP contribution in [0.4, 0.5) is 11.4 Å². The lowest BCUT2D eigenvalue weighted by atomic mass is 9.81. The summed E-state index contributed by atoms with van der Waals surface area (Å²) in [5.41, 5.74) is 19.9. The quantitative estimate of drug-likeness (QED) is 0.0586. The Kier molecular flexibility index (Phi) is 11.2. The zero-order chi connectivity index (χ0) is 34.6. The van der Waals surface area contributed by atoms with Crippen LogP contribution in [0.2, 0.25) is 0 Å². The van der Waals surface area contributed by atoms with Gasteiger partial charge in [0.1, 0.15) is 17.2 Å². The van der Waals surface area contributed by atoms with E-state index >= 15 is 0 Å². The molecule has 14 heteroatoms. The van der Waals surface area contributed by atoms with Gasteiger partial charge in [-0.05, 0) is 53.0 Å². The Hall–Kier alpha value is -6.20. The molecule has 49 heavy (non-hydrogen) atoms. The number of aliphatic hydroxyl groups excluding tert-OH is 1. The van der Waals surface area contributed by atoms with E-state index in [4.69, 9.17) is 29.0 Å². The standard InChI is InChI=1S/C35H34N8O6/c1-46-27-17-14-25(31(20-27)47-2)22-38-34(45)35(21-24-8-3-5-10-29(24)40-42-36)32(28-9-4-6-11-30(28)41-43-37)49-33(39-35)23-12-15-26(16-13-23)48-19-7-18-44/h3-6,8-17,20,32,44H,7,18-19,21-22H2,1-2H3,(H,38,45)/t32-,35-/m1/s1. The number of amides is 1. The summed E-state index contributed by atoms with van der Waals surface area (Å²) in [4.78, 5) is 25.8. The maximum Gasteiger partial charge on any atom is 0.252 e. The zero-order valence-electron chi connectivity index (χ0n) is 26.9. The van der Waals surface area contributed by atoms with Crippen molar-refractivity contribution in [2.24, 2.45) is 15.2 Å². The lowest BCUT2D eigenvalue weighted by Gasteiger charge is -2.32. The highest BCUT2D eigenvalue weighted by atomic mass is 16.5. The highest BCUT2D eigenvalue weighted by Gasteiger charge is 2.54. The molecule has 0 saturated heterocycles. The van der Waals surface area contributed by atoms with Gasteiger partial charge in [-0.15, -0.1) is 0 Å². The first kappa shape index (κ1) is 34.1. The van der Waals surface area contributed by atoms with Crippen LogP contribution in [0, 0.1) is 0 Å². The number of carbonyl (C=O) groups excluding carboxylic acids is 1. The van der Waals surface area contributed by atoms with Crippen LogP contribution < -0.4 is 19.5 Å². The first-order chi connectivity index (χ1) is 24.0. The summed E-state index contributed by atoms with van der Waals surface area (Å²) in [5, 5.41) is 19.9. The number of nitrogens with zero attached hydrogens (tertiary/aromatic N) is 7. The van der Waals surface area contributed by atoms with E-state index in [2.05, 4.69) is 25.4 Å². The Bertz CT molecular complexity index is 1920. The summed E-state index contributed by atoms with van der Waals surface area (Å²) in [6, 6.07) is 26.0. The summed E-state index contributed by atoms with van der Waals surface area (Å²) < 4.78 is 23.2. The smallest absolute Gasteiger partial charge is 0.252 e. The van der Waals surface area contributed by atoms with Gasteiger partial charge >= 0.3 is 0 Å². The van der Waals surface area contributed by atoms with E-state index in [0.717, 1.165) is 0 Å². The highest BCUT2D eigenvalue weighted by Crippen LogP contribution is 2.46. The average Bonchev–Trinajstić information content (AvgIpc) is 3.52. The van der Waals surface area contributed by atoms with Crippen LogP contribution in [0.3, 0.4) is 0 Å². The van der Waals surface area contributed by atoms with Crippen molar-refractivity contribution in [2.75, 3.05) is 27.4 Å². The topological polar surface area (TPSA) is 196 Å². The fourth-order valence-corrected chi connectivity index (χ4v) is 5.53. The minimum atomic E-state index is -1.69. The molecule has 1 amide bonds. The molecular formula is C35H34N8O6. The Labute approximate surface area is 282 Å². The van der Waals surface area contributed by atoms with E-state index in [9.17, 15) is 15.9 Å². The van der Waals surface area contributed by atoms with Crippen molar-refractivity contribution < 1.29 is 28.8 Å². The molecule has 0 aliphatic carbocycles. The Morgan fingerprint density at radius 1 is 0.918 bits per heavy atom. The second kappa shape index (κ2) is 16.1. The van der Waals surface area contributed by atoms with Gasteiger partial charge in [0.2, 0.25) is 5.90 Å². The van der Waals surface area contributed by atoms with Gasteiger partial charge in [-0.3, -0.25) is 4.79 Å². The lowest BCUT2D eigenvalue weighted by Crippen LogP contribution is -2.49. The van der Waals surface area contributed by atoms with Crippen LogP contribution in [0.5, 0.6) is 17.2 Å². The maximum atomic E-state index is 14.8. The van der Waals surface area contributed by atoms with Crippen molar-refractivity contribution in [3.05, 3.63) is 134 Å². The summed E-state index contributed by atoms with van der Waals surface area (Å²) in [5.74, 6) is 1.36. The number of carbonyl (C=O) groups is 1. The second-order valence-corrected chi connectivity index (χ2v) is 10.9. The molecule has 250 valence electrons. The van der Waals surface area contributed by atoms with E-state index < -0.39 is 17.6 Å². The number of nitrogens with one attached hydrogen (secondary N) is 1. The number of aliphatic hydroxyl groups is 1. The molecule has 0 saturated carbocycles. The van der Waals surface area contributed by atoms with Gasteiger partial charge in [0.05, 0.1) is 20.8 Å². The van der Waals surface area contributed by atoms with Crippen LogP contribution in [-0.4, -0.2) is 49.9 Å². The minimum absolute atomic E-state index is 0.0135. The van der Waals surface area contributed by atoms with E-state index in [-0.39, 0.29) is 31.2 Å². The molecule has 1 aliphatic rings. The van der Waals surface area contributed by atoms with Crippen LogP contribution in [0.25, 0.3) is 20.9 Å². The van der Waals surface area contributed by atoms with E-state index in [1.165, 1.54) is 7.11 Å². The molecule has 2 N–H and O–H groups in total. The predicted octanol–water partition coefficient (Wildman–Crippen LogP) is 7.16. The summed E-state index contributed by atoms with van der Waals surface area (Å²) >= 11 is 0. The number of azide groups is 2. The first-order valence-corrected chi connectivity index (χ1v) is 15.3. The highest BCUT2D eigenvalue weighted by molar-refractivity contribution is 6.01. The normalized spacial score (nSPS) is 16.3. The summed E-state index contributed by atoms with van der Waals surface area (Å²) in [6.07, 6.45) is -0.641. The summed E-state index contributed by atoms with van der Waals surface area (Å²) in [6.45, 7) is 0.430. The first-order valence-electron chi connectivity index (χ1n) is 15.3. The molecule has 4 aromatic carbocycles. The van der Waals surface area contributed by atoms with Crippen molar-refractivity contribution in [3.8, 4) is 17.2 Å². The van der Waals surface area contributed by atoms with Gasteiger partial charge < -0.3 is 29.4 Å². The average molecular weight is 663 g/mol. The van der Waals surface area contributed by atoms with Crippen molar-refractivity contribution in [1.29, 1.82) is 0 Å². The minimum Gasteiger partial charge on any atom is -0.497 e. The molecule has 2 atom stereocenters. The van der Waals surface area contributed by atoms with Crippen LogP contribution in [0.1, 0.15) is 34.8 Å². The Balaban J connectivity index is 1.64. The molecule has 0 spiro atoms. The Morgan fingerprint density at radius 2 is 1.61 bits per heavy atom. The van der Waals surface area contributed by atoms with E-state index in [1.807, 2.05) is 0 Å². The molecular weight excluding hydrogens is 628 g/mol. The molecule has 0 radical (unpaired) electrons. The maximum absolute atomic E-state index is 14.8. The van der Waals surface area contributed by atoms with Crippen molar-refractivity contribution >= 4 is 23.2 Å². The van der Waals surface area contributed by atoms with Gasteiger partial charge in [-0.1, -0.05) is 58.8 Å². The third-order valence-corrected chi connectivity index (χ3v) is 7.94. The molecule has 4 aromatic rings. The Morgan fingerprint density at radius 3 is 2.33 bits per heavy atom. The lowest BCUT2D eigenvalue weighted by molar-refractivity contribution is -0.129. The largest absolute Gasteiger partial charge is 0.497 e. The third-order valence-electron chi connectivity index (χ3n) is 7.94. The van der Waals surface area contributed by atoms with Gasteiger partial charge in [0.25, 0.3) is 5.91 Å². The molecule has 5 rings (SSSR count). The number of rotatable bonds is 15. The molecule has 14 nitrogen and oxygen atoms in total. The number of methoxy groups -OCH3 is 2.